The molecule has 5 nitrogen and oxygen atoms in total. The minimum atomic E-state index is -4.41. The smallest absolute Gasteiger partial charge is 0.416 e. The summed E-state index contributed by atoms with van der Waals surface area (Å²) < 4.78 is 43.0. The van der Waals surface area contributed by atoms with Crippen LogP contribution in [0.3, 0.4) is 0 Å². The van der Waals surface area contributed by atoms with Gasteiger partial charge in [0.25, 0.3) is 0 Å². The molecule has 0 fully saturated rings. The van der Waals surface area contributed by atoms with Crippen LogP contribution in [-0.4, -0.2) is 18.1 Å². The van der Waals surface area contributed by atoms with Gasteiger partial charge in [-0.15, -0.1) is 0 Å². The van der Waals surface area contributed by atoms with Gasteiger partial charge in [-0.1, -0.05) is 18.2 Å². The largest absolute Gasteiger partial charge is 0.481 e. The van der Waals surface area contributed by atoms with Crippen LogP contribution in [0.25, 0.3) is 0 Å². The third kappa shape index (κ3) is 4.87. The third-order valence-corrected chi connectivity index (χ3v) is 3.19. The van der Waals surface area contributed by atoms with E-state index in [0.717, 1.165) is 12.1 Å². The molecule has 1 aromatic heterocycles. The minimum Gasteiger partial charge on any atom is -0.481 e. The van der Waals surface area contributed by atoms with Crippen LogP contribution in [0.15, 0.2) is 42.6 Å². The molecule has 2 N–H and O–H groups in total. The van der Waals surface area contributed by atoms with Crippen LogP contribution in [0.5, 0.6) is 5.88 Å². The molecule has 0 saturated heterocycles. The van der Waals surface area contributed by atoms with Crippen LogP contribution in [0, 0.1) is 0 Å². The van der Waals surface area contributed by atoms with E-state index in [0.29, 0.717) is 17.0 Å². The fourth-order valence-corrected chi connectivity index (χ4v) is 2.02. The zero-order chi connectivity index (χ0) is 17.6. The highest BCUT2D eigenvalue weighted by Crippen LogP contribution is 2.29. The highest BCUT2D eigenvalue weighted by Gasteiger charge is 2.30. The van der Waals surface area contributed by atoms with E-state index < -0.39 is 17.8 Å². The van der Waals surface area contributed by atoms with Gasteiger partial charge in [0.1, 0.15) is 0 Å². The number of halogens is 3. The van der Waals surface area contributed by atoms with E-state index in [4.69, 9.17) is 4.74 Å². The molecule has 1 aromatic carbocycles. The number of benzene rings is 1. The van der Waals surface area contributed by atoms with Gasteiger partial charge < -0.3 is 15.4 Å². The van der Waals surface area contributed by atoms with E-state index in [1.165, 1.54) is 19.2 Å². The lowest BCUT2D eigenvalue weighted by molar-refractivity contribution is -0.137. The average Bonchev–Trinajstić information content (AvgIpc) is 2.58. The number of nitrogens with zero attached hydrogens (tertiary/aromatic N) is 1. The number of hydrogen-bond donors (Lipinski definition) is 2. The molecule has 0 bridgehead atoms. The fraction of sp³-hybridized carbons (Fsp3) is 0.250. The van der Waals surface area contributed by atoms with Crippen molar-refractivity contribution in [2.24, 2.45) is 0 Å². The Morgan fingerprint density at radius 2 is 1.92 bits per heavy atom. The van der Waals surface area contributed by atoms with Gasteiger partial charge >= 0.3 is 12.2 Å². The Bertz CT molecular complexity index is 705. The highest BCUT2D eigenvalue weighted by atomic mass is 19.4. The van der Waals surface area contributed by atoms with Crippen molar-refractivity contribution in [3.8, 4) is 5.88 Å². The van der Waals surface area contributed by atoms with E-state index in [-0.39, 0.29) is 13.1 Å². The number of carbonyl (C=O) groups excluding carboxylic acids is 1. The molecule has 0 radical (unpaired) electrons. The zero-order valence-corrected chi connectivity index (χ0v) is 12.9. The lowest BCUT2D eigenvalue weighted by Crippen LogP contribution is -2.34. The van der Waals surface area contributed by atoms with Crippen LogP contribution in [0.1, 0.15) is 16.7 Å². The molecule has 0 aliphatic rings. The summed E-state index contributed by atoms with van der Waals surface area (Å²) in [6.07, 6.45) is -2.84. The highest BCUT2D eigenvalue weighted by molar-refractivity contribution is 5.73. The molecule has 2 amide bonds. The SMILES string of the molecule is COc1ncccc1CNC(=O)NCc1cccc(C(F)(F)F)c1. The van der Waals surface area contributed by atoms with Crippen molar-refractivity contribution in [2.45, 2.75) is 19.3 Å². The number of amides is 2. The van der Waals surface area contributed by atoms with E-state index >= 15 is 0 Å². The first-order chi connectivity index (χ1) is 11.4. The normalized spacial score (nSPS) is 11.0. The van der Waals surface area contributed by atoms with Gasteiger partial charge in [-0.3, -0.25) is 0 Å². The second kappa shape index (κ2) is 7.67. The zero-order valence-electron chi connectivity index (χ0n) is 12.9. The van der Waals surface area contributed by atoms with Crippen molar-refractivity contribution in [2.75, 3.05) is 7.11 Å². The van der Waals surface area contributed by atoms with Crippen molar-refractivity contribution in [1.29, 1.82) is 0 Å². The summed E-state index contributed by atoms with van der Waals surface area (Å²) in [4.78, 5) is 15.8. The van der Waals surface area contributed by atoms with Crippen molar-refractivity contribution in [3.05, 3.63) is 59.3 Å². The molecular formula is C16H16F3N3O2. The first kappa shape index (κ1) is 17.6. The first-order valence-corrected chi connectivity index (χ1v) is 7.06. The number of nitrogens with one attached hydrogen (secondary N) is 2. The van der Waals surface area contributed by atoms with Crippen LogP contribution < -0.4 is 15.4 Å². The molecule has 0 atom stereocenters. The maximum absolute atomic E-state index is 12.6. The van der Waals surface area contributed by atoms with Gasteiger partial charge in [0.2, 0.25) is 5.88 Å². The number of ether oxygens (including phenoxy) is 1. The Kier molecular flexibility index (Phi) is 5.62. The monoisotopic (exact) mass is 339 g/mol. The standard InChI is InChI=1S/C16H16F3N3O2/c1-24-14-12(5-3-7-20-14)10-22-15(23)21-9-11-4-2-6-13(8-11)16(17,18)19/h2-8H,9-10H2,1H3,(H2,21,22,23). The quantitative estimate of drug-likeness (QED) is 0.880. The second-order valence-corrected chi connectivity index (χ2v) is 4.91. The van der Waals surface area contributed by atoms with E-state index in [1.807, 2.05) is 0 Å². The summed E-state index contributed by atoms with van der Waals surface area (Å²) >= 11 is 0. The van der Waals surface area contributed by atoms with Crippen molar-refractivity contribution >= 4 is 6.03 Å². The van der Waals surface area contributed by atoms with Gasteiger partial charge in [-0.2, -0.15) is 13.2 Å². The summed E-state index contributed by atoms with van der Waals surface area (Å²) in [5, 5.41) is 5.10. The Hall–Kier alpha value is -2.77. The number of urea groups is 1. The van der Waals surface area contributed by atoms with Crippen molar-refractivity contribution in [3.63, 3.8) is 0 Å². The predicted molar refractivity (Wildman–Crippen MR) is 81.3 cm³/mol. The summed E-state index contributed by atoms with van der Waals surface area (Å²) in [5.41, 5.74) is 0.301. The number of aromatic nitrogens is 1. The van der Waals surface area contributed by atoms with Crippen LogP contribution in [0.2, 0.25) is 0 Å². The van der Waals surface area contributed by atoms with Crippen LogP contribution in [-0.2, 0) is 19.3 Å². The molecule has 8 heteroatoms. The Morgan fingerprint density at radius 1 is 1.17 bits per heavy atom. The topological polar surface area (TPSA) is 63.2 Å². The summed E-state index contributed by atoms with van der Waals surface area (Å²) in [7, 11) is 1.47. The fourth-order valence-electron chi connectivity index (χ4n) is 2.02. The molecule has 1 heterocycles. The maximum atomic E-state index is 12.6. The Balaban J connectivity index is 1.87. The van der Waals surface area contributed by atoms with Crippen LogP contribution in [0.4, 0.5) is 18.0 Å². The van der Waals surface area contributed by atoms with Crippen molar-refractivity contribution in [1.82, 2.24) is 15.6 Å². The molecule has 2 aromatic rings. The second-order valence-electron chi connectivity index (χ2n) is 4.91. The summed E-state index contributed by atoms with van der Waals surface area (Å²) in [6, 6.07) is 7.76. The summed E-state index contributed by atoms with van der Waals surface area (Å²) in [5.74, 6) is 0.399. The lowest BCUT2D eigenvalue weighted by atomic mass is 10.1. The van der Waals surface area contributed by atoms with E-state index in [1.54, 1.807) is 18.3 Å². The number of alkyl halides is 3. The number of rotatable bonds is 5. The van der Waals surface area contributed by atoms with Gasteiger partial charge in [-0.25, -0.2) is 9.78 Å². The van der Waals surface area contributed by atoms with Crippen molar-refractivity contribution < 1.29 is 22.7 Å². The van der Waals surface area contributed by atoms with Crippen LogP contribution >= 0.6 is 0 Å². The molecule has 0 saturated carbocycles. The number of pyridine rings is 1. The maximum Gasteiger partial charge on any atom is 0.416 e. The van der Waals surface area contributed by atoms with E-state index in [2.05, 4.69) is 15.6 Å². The molecule has 0 aliphatic heterocycles. The number of carbonyl (C=O) groups is 1. The van der Waals surface area contributed by atoms with Gasteiger partial charge in [0, 0.05) is 24.8 Å². The minimum absolute atomic E-state index is 0.0140. The van der Waals surface area contributed by atoms with Gasteiger partial charge in [-0.05, 0) is 23.8 Å². The molecule has 24 heavy (non-hydrogen) atoms. The molecule has 0 unspecified atom stereocenters. The Labute approximate surface area is 136 Å². The predicted octanol–water partition coefficient (Wildman–Crippen LogP) is 3.11. The number of methoxy groups -OCH3 is 1. The van der Waals surface area contributed by atoms with E-state index in [9.17, 15) is 18.0 Å². The lowest BCUT2D eigenvalue weighted by Gasteiger charge is -2.11. The molecule has 128 valence electrons. The average molecular weight is 339 g/mol. The summed E-state index contributed by atoms with van der Waals surface area (Å²) in [6.45, 7) is 0.172. The first-order valence-electron chi connectivity index (χ1n) is 7.06. The third-order valence-electron chi connectivity index (χ3n) is 3.19. The molecular weight excluding hydrogens is 323 g/mol. The Morgan fingerprint density at radius 3 is 2.62 bits per heavy atom. The molecule has 2 rings (SSSR count). The molecule has 0 spiro atoms. The molecule has 0 aliphatic carbocycles. The van der Waals surface area contributed by atoms with Gasteiger partial charge in [0.05, 0.1) is 12.7 Å². The van der Waals surface area contributed by atoms with Gasteiger partial charge in [0.15, 0.2) is 0 Å². The number of hydrogen-bond acceptors (Lipinski definition) is 3.